The molecule has 110 valence electrons. The van der Waals surface area contributed by atoms with E-state index in [2.05, 4.69) is 27.8 Å². The molecule has 1 aromatic rings. The van der Waals surface area contributed by atoms with Crippen molar-refractivity contribution in [1.82, 2.24) is 14.8 Å². The van der Waals surface area contributed by atoms with Crippen molar-refractivity contribution in [1.29, 1.82) is 0 Å². The quantitative estimate of drug-likeness (QED) is 0.822. The standard InChI is InChI=1S/C17H27N3/c1-15-6-2-3-11-20(15)17-13-19(14-17)10-5-8-16-7-4-9-18-12-16/h4,7,9,12,15,17H,2-3,5-6,8,10-11,13-14H2,1H3. The van der Waals surface area contributed by atoms with Crippen molar-refractivity contribution in [3.63, 3.8) is 0 Å². The smallest absolute Gasteiger partial charge is 0.0353 e. The average molecular weight is 273 g/mol. The minimum absolute atomic E-state index is 0.811. The van der Waals surface area contributed by atoms with Crippen LogP contribution in [0.2, 0.25) is 0 Å². The summed E-state index contributed by atoms with van der Waals surface area (Å²) < 4.78 is 0. The lowest BCUT2D eigenvalue weighted by Gasteiger charge is -2.49. The van der Waals surface area contributed by atoms with Crippen LogP contribution in [-0.2, 0) is 6.42 Å². The number of hydrogen-bond donors (Lipinski definition) is 0. The minimum atomic E-state index is 0.811. The maximum absolute atomic E-state index is 4.18. The van der Waals surface area contributed by atoms with E-state index >= 15 is 0 Å². The lowest BCUT2D eigenvalue weighted by molar-refractivity contribution is -0.00243. The highest BCUT2D eigenvalue weighted by Gasteiger charge is 2.34. The maximum Gasteiger partial charge on any atom is 0.0353 e. The largest absolute Gasteiger partial charge is 0.300 e. The molecule has 2 fully saturated rings. The van der Waals surface area contributed by atoms with Crippen LogP contribution in [0.15, 0.2) is 24.5 Å². The summed E-state index contributed by atoms with van der Waals surface area (Å²) in [6.07, 6.45) is 10.5. The second-order valence-corrected chi connectivity index (χ2v) is 6.46. The highest BCUT2D eigenvalue weighted by Crippen LogP contribution is 2.24. The van der Waals surface area contributed by atoms with Crippen LogP contribution in [0.1, 0.15) is 38.2 Å². The van der Waals surface area contributed by atoms with Crippen LogP contribution < -0.4 is 0 Å². The highest BCUT2D eigenvalue weighted by molar-refractivity contribution is 5.08. The zero-order valence-corrected chi connectivity index (χ0v) is 12.7. The van der Waals surface area contributed by atoms with Crippen molar-refractivity contribution in [2.75, 3.05) is 26.2 Å². The van der Waals surface area contributed by atoms with E-state index in [4.69, 9.17) is 0 Å². The van der Waals surface area contributed by atoms with E-state index < -0.39 is 0 Å². The first-order chi connectivity index (χ1) is 9.83. The normalized spacial score (nSPS) is 25.6. The van der Waals surface area contributed by atoms with Crippen LogP contribution in [0.3, 0.4) is 0 Å². The Kier molecular flexibility index (Phi) is 4.69. The van der Waals surface area contributed by atoms with Gasteiger partial charge >= 0.3 is 0 Å². The monoisotopic (exact) mass is 273 g/mol. The van der Waals surface area contributed by atoms with Crippen molar-refractivity contribution in [3.05, 3.63) is 30.1 Å². The lowest BCUT2D eigenvalue weighted by Crippen LogP contribution is -2.62. The third-order valence-electron chi connectivity index (χ3n) is 4.92. The summed E-state index contributed by atoms with van der Waals surface area (Å²) in [5.41, 5.74) is 1.37. The second kappa shape index (κ2) is 6.68. The zero-order chi connectivity index (χ0) is 13.8. The number of rotatable bonds is 5. The molecule has 1 unspecified atom stereocenters. The van der Waals surface area contributed by atoms with E-state index in [1.54, 1.807) is 0 Å². The number of hydrogen-bond acceptors (Lipinski definition) is 3. The third kappa shape index (κ3) is 3.39. The topological polar surface area (TPSA) is 19.4 Å². The van der Waals surface area contributed by atoms with Gasteiger partial charge in [0.05, 0.1) is 0 Å². The van der Waals surface area contributed by atoms with Crippen LogP contribution in [0.4, 0.5) is 0 Å². The first-order valence-electron chi connectivity index (χ1n) is 8.20. The van der Waals surface area contributed by atoms with Gasteiger partial charge in [0.15, 0.2) is 0 Å². The molecular weight excluding hydrogens is 246 g/mol. The van der Waals surface area contributed by atoms with Gasteiger partial charge in [-0.1, -0.05) is 12.5 Å². The Morgan fingerprint density at radius 2 is 2.20 bits per heavy atom. The van der Waals surface area contributed by atoms with Gasteiger partial charge in [-0.05, 0) is 57.3 Å². The Bertz CT molecular complexity index is 400. The lowest BCUT2D eigenvalue weighted by atomic mass is 9.97. The van der Waals surface area contributed by atoms with Crippen LogP contribution in [-0.4, -0.2) is 53.0 Å². The summed E-state index contributed by atoms with van der Waals surface area (Å²) in [5, 5.41) is 0. The van der Waals surface area contributed by atoms with Gasteiger partial charge in [0.2, 0.25) is 0 Å². The van der Waals surface area contributed by atoms with Crippen LogP contribution in [0.5, 0.6) is 0 Å². The molecule has 2 aliphatic heterocycles. The first kappa shape index (κ1) is 14.0. The molecule has 0 aliphatic carbocycles. The Morgan fingerprint density at radius 3 is 2.95 bits per heavy atom. The Labute approximate surface area is 123 Å². The number of aromatic nitrogens is 1. The van der Waals surface area contributed by atoms with E-state index in [9.17, 15) is 0 Å². The molecule has 0 N–H and O–H groups in total. The van der Waals surface area contributed by atoms with Gasteiger partial charge in [-0.3, -0.25) is 9.88 Å². The number of piperidine rings is 1. The van der Waals surface area contributed by atoms with E-state index in [-0.39, 0.29) is 0 Å². The van der Waals surface area contributed by atoms with Crippen LogP contribution in [0, 0.1) is 0 Å². The molecule has 3 rings (SSSR count). The van der Waals surface area contributed by atoms with Gasteiger partial charge in [-0.15, -0.1) is 0 Å². The molecule has 20 heavy (non-hydrogen) atoms. The van der Waals surface area contributed by atoms with E-state index in [1.165, 1.54) is 57.4 Å². The SMILES string of the molecule is CC1CCCCN1C1CN(CCCc2cccnc2)C1. The molecule has 2 aliphatic rings. The molecular formula is C17H27N3. The van der Waals surface area contributed by atoms with Gasteiger partial charge in [0.1, 0.15) is 0 Å². The summed E-state index contributed by atoms with van der Waals surface area (Å²) in [7, 11) is 0. The molecule has 3 heteroatoms. The van der Waals surface area contributed by atoms with E-state index in [0.29, 0.717) is 0 Å². The summed E-state index contributed by atoms with van der Waals surface area (Å²) in [5.74, 6) is 0. The third-order valence-corrected chi connectivity index (χ3v) is 4.92. The maximum atomic E-state index is 4.18. The molecule has 2 saturated heterocycles. The average Bonchev–Trinajstić information content (AvgIpc) is 2.44. The Hall–Kier alpha value is -0.930. The number of likely N-dealkylation sites (tertiary alicyclic amines) is 2. The Balaban J connectivity index is 1.34. The predicted octanol–water partition coefficient (Wildman–Crippen LogP) is 2.57. The molecule has 3 nitrogen and oxygen atoms in total. The fourth-order valence-electron chi connectivity index (χ4n) is 3.65. The van der Waals surface area contributed by atoms with Crippen molar-refractivity contribution >= 4 is 0 Å². The summed E-state index contributed by atoms with van der Waals surface area (Å²) in [6.45, 7) is 7.56. The van der Waals surface area contributed by atoms with E-state index in [1.807, 2.05) is 18.5 Å². The number of aryl methyl sites for hydroxylation is 1. The first-order valence-corrected chi connectivity index (χ1v) is 8.20. The molecule has 0 aromatic carbocycles. The van der Waals surface area contributed by atoms with Gasteiger partial charge in [0.25, 0.3) is 0 Å². The van der Waals surface area contributed by atoms with Gasteiger partial charge in [0, 0.05) is 37.6 Å². The fraction of sp³-hybridized carbons (Fsp3) is 0.706. The molecule has 0 amide bonds. The summed E-state index contributed by atoms with van der Waals surface area (Å²) in [4.78, 5) is 9.54. The number of nitrogens with zero attached hydrogens (tertiary/aromatic N) is 3. The molecule has 0 spiro atoms. The highest BCUT2D eigenvalue weighted by atomic mass is 15.3. The van der Waals surface area contributed by atoms with Gasteiger partial charge < -0.3 is 4.90 Å². The zero-order valence-electron chi connectivity index (χ0n) is 12.7. The van der Waals surface area contributed by atoms with Crippen molar-refractivity contribution in [3.8, 4) is 0 Å². The van der Waals surface area contributed by atoms with Gasteiger partial charge in [-0.2, -0.15) is 0 Å². The van der Waals surface area contributed by atoms with Gasteiger partial charge in [-0.25, -0.2) is 0 Å². The van der Waals surface area contributed by atoms with Crippen molar-refractivity contribution in [2.24, 2.45) is 0 Å². The summed E-state index contributed by atoms with van der Waals surface area (Å²) in [6, 6.07) is 5.86. The Morgan fingerprint density at radius 1 is 1.30 bits per heavy atom. The molecule has 0 saturated carbocycles. The van der Waals surface area contributed by atoms with E-state index in [0.717, 1.165) is 18.5 Å². The van der Waals surface area contributed by atoms with Crippen LogP contribution >= 0.6 is 0 Å². The second-order valence-electron chi connectivity index (χ2n) is 6.46. The molecule has 3 heterocycles. The predicted molar refractivity (Wildman–Crippen MR) is 82.8 cm³/mol. The van der Waals surface area contributed by atoms with Crippen LogP contribution in [0.25, 0.3) is 0 Å². The minimum Gasteiger partial charge on any atom is -0.300 e. The number of pyridine rings is 1. The molecule has 0 bridgehead atoms. The van der Waals surface area contributed by atoms with Crippen molar-refractivity contribution < 1.29 is 0 Å². The molecule has 1 atom stereocenters. The molecule has 0 radical (unpaired) electrons. The molecule has 1 aromatic heterocycles. The van der Waals surface area contributed by atoms with Crippen molar-refractivity contribution in [2.45, 2.75) is 51.1 Å². The fourth-order valence-corrected chi connectivity index (χ4v) is 3.65. The summed E-state index contributed by atoms with van der Waals surface area (Å²) >= 11 is 0.